The Labute approximate surface area is 92.0 Å². The average molecular weight is 207 g/mol. The molecule has 2 heterocycles. The van der Waals surface area contributed by atoms with Gasteiger partial charge in [-0.25, -0.2) is 0 Å². The molecule has 2 aliphatic heterocycles. The minimum absolute atomic E-state index is 0.0468. The van der Waals surface area contributed by atoms with Crippen LogP contribution >= 0.6 is 0 Å². The molecule has 84 valence electrons. The second-order valence-corrected chi connectivity index (χ2v) is 5.82. The van der Waals surface area contributed by atoms with Crippen LogP contribution in [0.5, 0.6) is 0 Å². The summed E-state index contributed by atoms with van der Waals surface area (Å²) >= 11 is 0. The highest BCUT2D eigenvalue weighted by atomic mass is 16.1. The summed E-state index contributed by atoms with van der Waals surface area (Å²) in [5, 5.41) is 0. The van der Waals surface area contributed by atoms with Crippen molar-refractivity contribution in [3.8, 4) is 0 Å². The van der Waals surface area contributed by atoms with Gasteiger partial charge in [0.05, 0.1) is 0 Å². The summed E-state index contributed by atoms with van der Waals surface area (Å²) in [6.07, 6.45) is 11.7. The normalized spacial score (nSPS) is 38.7. The molecular weight excluding hydrogens is 186 g/mol. The molecule has 3 fully saturated rings. The number of hydrogen-bond acceptors (Lipinski definition) is 2. The molecule has 0 aromatic rings. The molecule has 0 atom stereocenters. The molecule has 3 aliphatic rings. The van der Waals surface area contributed by atoms with E-state index in [0.29, 0.717) is 0 Å². The fourth-order valence-electron chi connectivity index (χ4n) is 4.03. The molecule has 0 radical (unpaired) electrons. The van der Waals surface area contributed by atoms with E-state index in [1.165, 1.54) is 44.8 Å². The van der Waals surface area contributed by atoms with Gasteiger partial charge in [0.1, 0.15) is 6.29 Å². The first-order chi connectivity index (χ1) is 7.33. The number of fused-ring (bicyclic) bond motifs is 2. The van der Waals surface area contributed by atoms with Crippen molar-refractivity contribution in [1.29, 1.82) is 0 Å². The average Bonchev–Trinajstić information content (AvgIpc) is 2.97. The van der Waals surface area contributed by atoms with Crippen LogP contribution in [0.1, 0.15) is 51.4 Å². The predicted molar refractivity (Wildman–Crippen MR) is 59.7 cm³/mol. The highest BCUT2D eigenvalue weighted by molar-refractivity contribution is 5.60. The number of carbonyl (C=O) groups excluding carboxylic acids is 1. The van der Waals surface area contributed by atoms with Gasteiger partial charge in [-0.05, 0) is 38.5 Å². The first-order valence-electron chi connectivity index (χ1n) is 6.55. The molecule has 0 amide bonds. The van der Waals surface area contributed by atoms with Crippen molar-refractivity contribution in [2.45, 2.75) is 63.5 Å². The maximum atomic E-state index is 11.3. The van der Waals surface area contributed by atoms with Gasteiger partial charge in [0.25, 0.3) is 0 Å². The number of nitrogens with zero attached hydrogens (tertiary/aromatic N) is 1. The molecule has 1 saturated carbocycles. The standard InChI is InChI=1S/C13H21NO/c15-10-13(7-1-2-8-13)9-14-11-3-4-12(14)6-5-11/h10-12H,1-9H2. The van der Waals surface area contributed by atoms with Gasteiger partial charge in [-0.2, -0.15) is 0 Å². The summed E-state index contributed by atoms with van der Waals surface area (Å²) < 4.78 is 0. The van der Waals surface area contributed by atoms with E-state index < -0.39 is 0 Å². The van der Waals surface area contributed by atoms with Gasteiger partial charge in [0.15, 0.2) is 0 Å². The lowest BCUT2D eigenvalue weighted by Crippen LogP contribution is -2.40. The van der Waals surface area contributed by atoms with Crippen LogP contribution in [0.4, 0.5) is 0 Å². The van der Waals surface area contributed by atoms with Crippen LogP contribution in [0.25, 0.3) is 0 Å². The third-order valence-electron chi connectivity index (χ3n) is 4.95. The third-order valence-corrected chi connectivity index (χ3v) is 4.95. The second-order valence-electron chi connectivity index (χ2n) is 5.82. The molecule has 3 rings (SSSR count). The Hall–Kier alpha value is -0.370. The second kappa shape index (κ2) is 3.58. The maximum absolute atomic E-state index is 11.3. The molecular formula is C13H21NO. The Morgan fingerprint density at radius 2 is 1.60 bits per heavy atom. The quantitative estimate of drug-likeness (QED) is 0.662. The highest BCUT2D eigenvalue weighted by Gasteiger charge is 2.44. The lowest BCUT2D eigenvalue weighted by molar-refractivity contribution is -0.117. The lowest BCUT2D eigenvalue weighted by Gasteiger charge is -2.31. The van der Waals surface area contributed by atoms with Crippen molar-refractivity contribution in [1.82, 2.24) is 4.90 Å². The zero-order valence-corrected chi connectivity index (χ0v) is 9.45. The highest BCUT2D eigenvalue weighted by Crippen LogP contribution is 2.43. The van der Waals surface area contributed by atoms with Crippen LogP contribution in [0, 0.1) is 5.41 Å². The maximum Gasteiger partial charge on any atom is 0.127 e. The Bertz CT molecular complexity index is 237. The van der Waals surface area contributed by atoms with Crippen LogP contribution in [-0.4, -0.2) is 29.8 Å². The van der Waals surface area contributed by atoms with E-state index in [2.05, 4.69) is 4.90 Å². The molecule has 2 saturated heterocycles. The molecule has 0 unspecified atom stereocenters. The van der Waals surface area contributed by atoms with Crippen LogP contribution in [0.15, 0.2) is 0 Å². The van der Waals surface area contributed by atoms with E-state index >= 15 is 0 Å². The first-order valence-corrected chi connectivity index (χ1v) is 6.55. The van der Waals surface area contributed by atoms with Gasteiger partial charge in [0.2, 0.25) is 0 Å². The van der Waals surface area contributed by atoms with Crippen molar-refractivity contribution in [3.63, 3.8) is 0 Å². The monoisotopic (exact) mass is 207 g/mol. The van der Waals surface area contributed by atoms with Crippen LogP contribution in [0.3, 0.4) is 0 Å². The fraction of sp³-hybridized carbons (Fsp3) is 0.923. The molecule has 2 nitrogen and oxygen atoms in total. The van der Waals surface area contributed by atoms with Gasteiger partial charge in [-0.3, -0.25) is 4.90 Å². The fourth-order valence-corrected chi connectivity index (χ4v) is 4.03. The van der Waals surface area contributed by atoms with Crippen LogP contribution in [0.2, 0.25) is 0 Å². The third kappa shape index (κ3) is 1.54. The number of rotatable bonds is 3. The molecule has 1 aliphatic carbocycles. The molecule has 2 bridgehead atoms. The van der Waals surface area contributed by atoms with Crippen molar-refractivity contribution in [3.05, 3.63) is 0 Å². The largest absolute Gasteiger partial charge is 0.303 e. The molecule has 0 spiro atoms. The number of hydrogen-bond donors (Lipinski definition) is 0. The Morgan fingerprint density at radius 3 is 2.07 bits per heavy atom. The molecule has 0 aromatic heterocycles. The minimum atomic E-state index is 0.0468. The van der Waals surface area contributed by atoms with Crippen molar-refractivity contribution >= 4 is 6.29 Å². The van der Waals surface area contributed by atoms with E-state index in [0.717, 1.165) is 31.5 Å². The summed E-state index contributed by atoms with van der Waals surface area (Å²) in [7, 11) is 0. The minimum Gasteiger partial charge on any atom is -0.303 e. The van der Waals surface area contributed by atoms with E-state index in [9.17, 15) is 4.79 Å². The zero-order chi connectivity index (χ0) is 10.3. The van der Waals surface area contributed by atoms with Gasteiger partial charge in [-0.15, -0.1) is 0 Å². The predicted octanol–water partition coefficient (Wildman–Crippen LogP) is 2.37. The molecule has 0 N–H and O–H groups in total. The summed E-state index contributed by atoms with van der Waals surface area (Å²) in [5.41, 5.74) is 0.0468. The summed E-state index contributed by atoms with van der Waals surface area (Å²) in [6.45, 7) is 1.08. The van der Waals surface area contributed by atoms with E-state index in [-0.39, 0.29) is 5.41 Å². The smallest absolute Gasteiger partial charge is 0.127 e. The topological polar surface area (TPSA) is 20.3 Å². The van der Waals surface area contributed by atoms with Crippen molar-refractivity contribution in [2.24, 2.45) is 5.41 Å². The zero-order valence-electron chi connectivity index (χ0n) is 9.45. The Balaban J connectivity index is 1.71. The van der Waals surface area contributed by atoms with Gasteiger partial charge in [-0.1, -0.05) is 12.8 Å². The summed E-state index contributed by atoms with van der Waals surface area (Å²) in [5.74, 6) is 0. The molecule has 0 aromatic carbocycles. The van der Waals surface area contributed by atoms with Gasteiger partial charge < -0.3 is 4.79 Å². The number of aldehydes is 1. The van der Waals surface area contributed by atoms with Crippen molar-refractivity contribution < 1.29 is 4.79 Å². The van der Waals surface area contributed by atoms with Crippen LogP contribution in [-0.2, 0) is 4.79 Å². The van der Waals surface area contributed by atoms with Crippen LogP contribution < -0.4 is 0 Å². The van der Waals surface area contributed by atoms with E-state index in [1.54, 1.807) is 0 Å². The van der Waals surface area contributed by atoms with Gasteiger partial charge >= 0.3 is 0 Å². The van der Waals surface area contributed by atoms with E-state index in [1.807, 2.05) is 0 Å². The Morgan fingerprint density at radius 1 is 1.07 bits per heavy atom. The SMILES string of the molecule is O=CC1(CN2C3CCC2CC3)CCCC1. The summed E-state index contributed by atoms with van der Waals surface area (Å²) in [4.78, 5) is 14.0. The van der Waals surface area contributed by atoms with Gasteiger partial charge in [0, 0.05) is 24.0 Å². The van der Waals surface area contributed by atoms with Crippen molar-refractivity contribution in [2.75, 3.05) is 6.54 Å². The molecule has 2 heteroatoms. The lowest BCUT2D eigenvalue weighted by atomic mass is 9.87. The first kappa shape index (κ1) is 9.83. The Kier molecular flexibility index (Phi) is 2.35. The molecule has 15 heavy (non-hydrogen) atoms. The summed E-state index contributed by atoms with van der Waals surface area (Å²) in [6, 6.07) is 1.65. The number of carbonyl (C=O) groups is 1. The van der Waals surface area contributed by atoms with E-state index in [4.69, 9.17) is 0 Å².